The van der Waals surface area contributed by atoms with Crippen LogP contribution in [0, 0.1) is 5.41 Å². The fraction of sp³-hybridized carbons (Fsp3) is 0.500. The van der Waals surface area contributed by atoms with E-state index in [1.807, 2.05) is 30.5 Å². The summed E-state index contributed by atoms with van der Waals surface area (Å²) in [6, 6.07) is 7.72. The van der Waals surface area contributed by atoms with Crippen molar-refractivity contribution in [3.63, 3.8) is 0 Å². The molecular formula is C18H24N4O2. The van der Waals surface area contributed by atoms with E-state index in [1.165, 1.54) is 13.5 Å². The second kappa shape index (κ2) is 7.03. The Balaban J connectivity index is 1.75. The fourth-order valence-corrected chi connectivity index (χ4v) is 3.59. The van der Waals surface area contributed by atoms with Crippen LogP contribution in [0.5, 0.6) is 0 Å². The molecule has 2 N–H and O–H groups in total. The van der Waals surface area contributed by atoms with E-state index in [2.05, 4.69) is 10.3 Å². The molecule has 0 saturated heterocycles. The number of methoxy groups -OCH3 is 1. The van der Waals surface area contributed by atoms with Gasteiger partial charge in [-0.05, 0) is 24.5 Å². The van der Waals surface area contributed by atoms with Crippen molar-refractivity contribution in [2.24, 2.45) is 5.41 Å². The molecule has 0 aliphatic heterocycles. The number of nitrogens with zero attached hydrogens (tertiary/aromatic N) is 3. The Morgan fingerprint density at radius 1 is 1.29 bits per heavy atom. The van der Waals surface area contributed by atoms with Crippen molar-refractivity contribution >= 4 is 11.7 Å². The Kier molecular flexibility index (Phi) is 4.83. The smallest absolute Gasteiger partial charge is 0.312 e. The van der Waals surface area contributed by atoms with Gasteiger partial charge in [-0.3, -0.25) is 4.79 Å². The zero-order chi connectivity index (χ0) is 17.0. The number of hydrogen-bond acceptors (Lipinski definition) is 5. The van der Waals surface area contributed by atoms with Gasteiger partial charge in [0, 0.05) is 18.3 Å². The van der Waals surface area contributed by atoms with Gasteiger partial charge in [-0.25, -0.2) is 4.68 Å². The number of rotatable bonds is 5. The molecule has 6 nitrogen and oxygen atoms in total. The lowest BCUT2D eigenvalue weighted by Gasteiger charge is -2.33. The molecule has 1 aromatic carbocycles. The van der Waals surface area contributed by atoms with E-state index in [1.54, 1.807) is 4.68 Å². The molecule has 0 bridgehead atoms. The van der Waals surface area contributed by atoms with Crippen LogP contribution in [-0.4, -0.2) is 28.1 Å². The highest BCUT2D eigenvalue weighted by Gasteiger charge is 2.41. The Morgan fingerprint density at radius 2 is 2.04 bits per heavy atom. The largest absolute Gasteiger partial charge is 0.469 e. The fourth-order valence-electron chi connectivity index (χ4n) is 3.59. The molecule has 24 heavy (non-hydrogen) atoms. The molecule has 0 spiro atoms. The molecule has 1 saturated carbocycles. The predicted molar refractivity (Wildman–Crippen MR) is 91.2 cm³/mol. The number of para-hydroxylation sites is 1. The second-order valence-corrected chi connectivity index (χ2v) is 6.62. The van der Waals surface area contributed by atoms with Gasteiger partial charge in [-0.15, -0.1) is 5.10 Å². The zero-order valence-electron chi connectivity index (χ0n) is 14.1. The standard InChI is InChI=1S/C18H24N4O2/c1-24-17(23)18(9-5-2-6-10-18)11-15-13-22(21-20-15)12-14-7-3-4-8-16(14)19/h3-4,7-8,13H,2,5-6,9-12,19H2,1H3. The first-order valence-corrected chi connectivity index (χ1v) is 8.44. The van der Waals surface area contributed by atoms with Crippen LogP contribution in [0.2, 0.25) is 0 Å². The number of esters is 1. The maximum atomic E-state index is 12.3. The summed E-state index contributed by atoms with van der Waals surface area (Å²) in [5, 5.41) is 8.46. The molecule has 1 aromatic heterocycles. The van der Waals surface area contributed by atoms with Gasteiger partial charge in [0.2, 0.25) is 0 Å². The van der Waals surface area contributed by atoms with E-state index >= 15 is 0 Å². The van der Waals surface area contributed by atoms with E-state index in [9.17, 15) is 4.79 Å². The van der Waals surface area contributed by atoms with Crippen LogP contribution in [0.1, 0.15) is 43.4 Å². The summed E-state index contributed by atoms with van der Waals surface area (Å²) in [5.41, 5.74) is 8.12. The quantitative estimate of drug-likeness (QED) is 0.674. The van der Waals surface area contributed by atoms with Gasteiger partial charge in [0.15, 0.2) is 0 Å². The van der Waals surface area contributed by atoms with E-state index in [0.29, 0.717) is 13.0 Å². The number of nitrogen functional groups attached to an aromatic ring is 1. The lowest BCUT2D eigenvalue weighted by molar-refractivity contribution is -0.155. The lowest BCUT2D eigenvalue weighted by atomic mass is 9.71. The summed E-state index contributed by atoms with van der Waals surface area (Å²) in [7, 11) is 1.47. The maximum Gasteiger partial charge on any atom is 0.312 e. The van der Waals surface area contributed by atoms with Crippen molar-refractivity contribution in [3.05, 3.63) is 41.7 Å². The van der Waals surface area contributed by atoms with Crippen molar-refractivity contribution in [3.8, 4) is 0 Å². The first kappa shape index (κ1) is 16.5. The molecule has 0 unspecified atom stereocenters. The van der Waals surface area contributed by atoms with E-state index < -0.39 is 5.41 Å². The Bertz CT molecular complexity index is 705. The van der Waals surface area contributed by atoms with Crippen molar-refractivity contribution in [2.45, 2.75) is 45.1 Å². The minimum Gasteiger partial charge on any atom is -0.469 e. The van der Waals surface area contributed by atoms with Crippen LogP contribution in [0.25, 0.3) is 0 Å². The molecule has 0 atom stereocenters. The van der Waals surface area contributed by atoms with Crippen molar-refractivity contribution in [1.29, 1.82) is 0 Å². The van der Waals surface area contributed by atoms with Gasteiger partial charge in [0.25, 0.3) is 0 Å². The molecule has 128 valence electrons. The third-order valence-electron chi connectivity index (χ3n) is 4.92. The monoisotopic (exact) mass is 328 g/mol. The number of nitrogens with two attached hydrogens (primary N) is 1. The highest BCUT2D eigenvalue weighted by molar-refractivity contribution is 5.77. The SMILES string of the molecule is COC(=O)C1(Cc2cn(Cc3ccccc3N)nn2)CCCCC1. The number of aromatic nitrogens is 3. The summed E-state index contributed by atoms with van der Waals surface area (Å²) >= 11 is 0. The molecule has 6 heteroatoms. The topological polar surface area (TPSA) is 83.0 Å². The number of ether oxygens (including phenoxy) is 1. The highest BCUT2D eigenvalue weighted by Crippen LogP contribution is 2.40. The number of anilines is 1. The molecule has 0 amide bonds. The Morgan fingerprint density at radius 3 is 2.75 bits per heavy atom. The molecule has 1 heterocycles. The minimum absolute atomic E-state index is 0.121. The summed E-state index contributed by atoms with van der Waals surface area (Å²) in [6.45, 7) is 0.574. The van der Waals surface area contributed by atoms with Crippen molar-refractivity contribution in [1.82, 2.24) is 15.0 Å². The Hall–Kier alpha value is -2.37. The molecular weight excluding hydrogens is 304 g/mol. The van der Waals surface area contributed by atoms with Crippen molar-refractivity contribution < 1.29 is 9.53 Å². The van der Waals surface area contributed by atoms with E-state index in [0.717, 1.165) is 42.6 Å². The van der Waals surface area contributed by atoms with Gasteiger partial charge < -0.3 is 10.5 Å². The molecule has 1 fully saturated rings. The van der Waals surface area contributed by atoms with Crippen LogP contribution < -0.4 is 5.73 Å². The lowest BCUT2D eigenvalue weighted by Crippen LogP contribution is -2.36. The van der Waals surface area contributed by atoms with Crippen LogP contribution >= 0.6 is 0 Å². The van der Waals surface area contributed by atoms with Crippen LogP contribution in [0.15, 0.2) is 30.5 Å². The third-order valence-corrected chi connectivity index (χ3v) is 4.92. The number of carbonyl (C=O) groups is 1. The van der Waals surface area contributed by atoms with Gasteiger partial charge in [0.05, 0.1) is 24.8 Å². The van der Waals surface area contributed by atoms with Gasteiger partial charge >= 0.3 is 5.97 Å². The molecule has 3 rings (SSSR count). The van der Waals surface area contributed by atoms with Gasteiger partial charge in [-0.2, -0.15) is 0 Å². The first-order chi connectivity index (χ1) is 11.6. The summed E-state index contributed by atoms with van der Waals surface area (Å²) in [4.78, 5) is 12.3. The minimum atomic E-state index is -0.445. The van der Waals surface area contributed by atoms with Crippen LogP contribution in [0.3, 0.4) is 0 Å². The number of hydrogen-bond donors (Lipinski definition) is 1. The predicted octanol–water partition coefficient (Wildman–Crippen LogP) is 2.57. The first-order valence-electron chi connectivity index (χ1n) is 8.44. The molecule has 1 aliphatic rings. The number of carbonyl (C=O) groups excluding carboxylic acids is 1. The van der Waals surface area contributed by atoms with Crippen LogP contribution in [0.4, 0.5) is 5.69 Å². The highest BCUT2D eigenvalue weighted by atomic mass is 16.5. The zero-order valence-corrected chi connectivity index (χ0v) is 14.1. The molecule has 2 aromatic rings. The normalized spacial score (nSPS) is 16.7. The van der Waals surface area contributed by atoms with Crippen LogP contribution in [-0.2, 0) is 22.5 Å². The summed E-state index contributed by atoms with van der Waals surface area (Å²) < 4.78 is 6.85. The van der Waals surface area contributed by atoms with Gasteiger partial charge in [0.1, 0.15) is 0 Å². The summed E-state index contributed by atoms with van der Waals surface area (Å²) in [5.74, 6) is -0.121. The maximum absolute atomic E-state index is 12.3. The average molecular weight is 328 g/mol. The second-order valence-electron chi connectivity index (χ2n) is 6.62. The van der Waals surface area contributed by atoms with Gasteiger partial charge in [-0.1, -0.05) is 42.7 Å². The molecule has 0 radical (unpaired) electrons. The van der Waals surface area contributed by atoms with Crippen molar-refractivity contribution in [2.75, 3.05) is 12.8 Å². The molecule has 1 aliphatic carbocycles. The number of benzene rings is 1. The summed E-state index contributed by atoms with van der Waals surface area (Å²) in [6.07, 6.45) is 7.51. The average Bonchev–Trinajstić information content (AvgIpc) is 3.04. The Labute approximate surface area is 142 Å². The third kappa shape index (κ3) is 3.42. The van der Waals surface area contributed by atoms with E-state index in [-0.39, 0.29) is 5.97 Å². The van der Waals surface area contributed by atoms with E-state index in [4.69, 9.17) is 10.5 Å².